The maximum Gasteiger partial charge on any atom is 0.339 e. The summed E-state index contributed by atoms with van der Waals surface area (Å²) in [5.41, 5.74) is 0.880. The average molecular weight is 434 g/mol. The van der Waals surface area contributed by atoms with Crippen LogP contribution < -0.4 is 9.47 Å². The van der Waals surface area contributed by atoms with Gasteiger partial charge in [-0.3, -0.25) is 0 Å². The van der Waals surface area contributed by atoms with Crippen LogP contribution in [0.5, 0.6) is 17.2 Å². The molecule has 2 heterocycles. The average Bonchev–Trinajstić information content (AvgIpc) is 3.05. The second-order valence-electron chi connectivity index (χ2n) is 7.96. The summed E-state index contributed by atoms with van der Waals surface area (Å²) in [6, 6.07) is 9.53. The molecular weight excluding hydrogens is 410 g/mol. The number of aliphatic hydroxyl groups excluding tert-OH is 1. The van der Waals surface area contributed by atoms with Gasteiger partial charge in [0.05, 0.1) is 0 Å². The quantitative estimate of drug-likeness (QED) is 0.644. The minimum Gasteiger partial charge on any atom is -0.508 e. The van der Waals surface area contributed by atoms with Crippen LogP contribution in [0, 0.1) is 0 Å². The van der Waals surface area contributed by atoms with Crippen molar-refractivity contribution in [3.63, 3.8) is 0 Å². The van der Waals surface area contributed by atoms with Gasteiger partial charge in [0.25, 0.3) is 0 Å². The summed E-state index contributed by atoms with van der Waals surface area (Å²) in [4.78, 5) is 13.4. The Kier molecular flexibility index (Phi) is 5.77. The number of rotatable bonds is 6. The van der Waals surface area contributed by atoms with E-state index in [2.05, 4.69) is 4.90 Å². The number of piperidine rings is 1. The second-order valence-corrected chi connectivity index (χ2v) is 8.40. The highest BCUT2D eigenvalue weighted by Crippen LogP contribution is 2.41. The van der Waals surface area contributed by atoms with E-state index in [0.29, 0.717) is 11.6 Å². The van der Waals surface area contributed by atoms with Crippen LogP contribution in [0.1, 0.15) is 28.8 Å². The number of hydrogen-bond donors (Lipinski definition) is 3. The van der Waals surface area contributed by atoms with E-state index in [-0.39, 0.29) is 29.3 Å². The van der Waals surface area contributed by atoms with Gasteiger partial charge in [-0.2, -0.15) is 0 Å². The number of phenols is 1. The van der Waals surface area contributed by atoms with Gasteiger partial charge in [0, 0.05) is 50.0 Å². The number of carbonyl (C=O) groups is 1. The molecule has 3 N–H and O–H groups in total. The number of ether oxygens (including phenoxy) is 2. The zero-order chi connectivity index (χ0) is 21.3. The molecule has 0 aromatic heterocycles. The number of fused-ring (bicyclic) bond motifs is 1. The van der Waals surface area contributed by atoms with Crippen molar-refractivity contribution >= 4 is 17.6 Å². The minimum absolute atomic E-state index is 0.0370. The summed E-state index contributed by atoms with van der Waals surface area (Å²) in [5.74, 6) is -0.305. The number of hydrogen-bond acceptors (Lipinski definition) is 6. The lowest BCUT2D eigenvalue weighted by molar-refractivity contribution is -0.00203. The zero-order valence-electron chi connectivity index (χ0n) is 16.4. The molecule has 160 valence electrons. The van der Waals surface area contributed by atoms with E-state index in [0.717, 1.165) is 43.7 Å². The topological polar surface area (TPSA) is 99.5 Å². The molecule has 4 rings (SSSR count). The van der Waals surface area contributed by atoms with Crippen LogP contribution in [0.15, 0.2) is 36.4 Å². The van der Waals surface area contributed by atoms with Crippen molar-refractivity contribution in [1.29, 1.82) is 0 Å². The summed E-state index contributed by atoms with van der Waals surface area (Å²) in [7, 11) is 0. The maximum atomic E-state index is 11.3. The largest absolute Gasteiger partial charge is 0.508 e. The molecule has 7 nitrogen and oxygen atoms in total. The van der Waals surface area contributed by atoms with Gasteiger partial charge < -0.3 is 29.7 Å². The monoisotopic (exact) mass is 433 g/mol. The minimum atomic E-state index is -1.15. The molecule has 2 aromatic carbocycles. The van der Waals surface area contributed by atoms with Gasteiger partial charge in [-0.1, -0.05) is 11.6 Å². The Morgan fingerprint density at radius 1 is 1.23 bits per heavy atom. The molecule has 8 heteroatoms. The lowest BCUT2D eigenvalue weighted by Gasteiger charge is -2.39. The van der Waals surface area contributed by atoms with Crippen LogP contribution >= 0.6 is 11.6 Å². The standard InChI is InChI=1S/C22H24ClNO6/c23-15-1-4-19-14(9-15)11-22(30-19)5-7-24(8-6-22)12-17(26)13-29-20-10-16(25)2-3-18(20)21(27)28/h1-4,9-10,17,25-26H,5-8,11-13H2,(H,27,28)/t17-/m0/s1. The normalized spacial score (nSPS) is 18.6. The summed E-state index contributed by atoms with van der Waals surface area (Å²) >= 11 is 6.09. The number of aromatic hydroxyl groups is 1. The number of carboxylic acids is 1. The summed E-state index contributed by atoms with van der Waals surface area (Å²) in [6.45, 7) is 1.92. The molecule has 1 fully saturated rings. The Hall–Kier alpha value is -2.48. The Bertz CT molecular complexity index is 941. The van der Waals surface area contributed by atoms with Crippen LogP contribution in [-0.2, 0) is 6.42 Å². The Morgan fingerprint density at radius 2 is 2.00 bits per heavy atom. The Labute approximate surface area is 179 Å². The number of aliphatic hydroxyl groups is 1. The number of nitrogens with zero attached hydrogens (tertiary/aromatic N) is 1. The fraction of sp³-hybridized carbons (Fsp3) is 0.409. The number of aromatic carboxylic acids is 1. The number of halogens is 1. The molecule has 1 saturated heterocycles. The van der Waals surface area contributed by atoms with Gasteiger partial charge in [0.1, 0.15) is 41.1 Å². The lowest BCUT2D eigenvalue weighted by atomic mass is 9.87. The number of likely N-dealkylation sites (tertiary alicyclic amines) is 1. The van der Waals surface area contributed by atoms with Crippen LogP contribution in [-0.4, -0.2) is 64.1 Å². The highest BCUT2D eigenvalue weighted by Gasteiger charge is 2.42. The van der Waals surface area contributed by atoms with Crippen molar-refractivity contribution < 1.29 is 29.6 Å². The summed E-state index contributed by atoms with van der Waals surface area (Å²) in [6.07, 6.45) is 1.76. The Morgan fingerprint density at radius 3 is 2.73 bits per heavy atom. The van der Waals surface area contributed by atoms with E-state index in [4.69, 9.17) is 21.1 Å². The SMILES string of the molecule is O=C(O)c1ccc(O)cc1OC[C@@H](O)CN1CCC2(CC1)Cc1cc(Cl)ccc1O2. The van der Waals surface area contributed by atoms with Crippen LogP contribution in [0.3, 0.4) is 0 Å². The fourth-order valence-corrected chi connectivity index (χ4v) is 4.36. The molecule has 2 aliphatic heterocycles. The molecule has 0 radical (unpaired) electrons. The molecule has 2 aromatic rings. The van der Waals surface area contributed by atoms with Crippen LogP contribution in [0.25, 0.3) is 0 Å². The van der Waals surface area contributed by atoms with Gasteiger partial charge >= 0.3 is 5.97 Å². The van der Waals surface area contributed by atoms with E-state index in [1.54, 1.807) is 0 Å². The van der Waals surface area contributed by atoms with E-state index in [1.807, 2.05) is 18.2 Å². The molecule has 0 aliphatic carbocycles. The summed E-state index contributed by atoms with van der Waals surface area (Å²) in [5, 5.41) is 29.9. The molecule has 1 spiro atoms. The van der Waals surface area contributed by atoms with Crippen molar-refractivity contribution in [3.05, 3.63) is 52.5 Å². The van der Waals surface area contributed by atoms with E-state index in [1.165, 1.54) is 18.2 Å². The molecule has 0 saturated carbocycles. The van der Waals surface area contributed by atoms with Gasteiger partial charge in [-0.05, 0) is 35.9 Å². The van der Waals surface area contributed by atoms with Crippen LogP contribution in [0.2, 0.25) is 5.02 Å². The first-order valence-electron chi connectivity index (χ1n) is 9.91. The number of carboxylic acid groups (broad SMARTS) is 1. The van der Waals surface area contributed by atoms with Crippen molar-refractivity contribution in [1.82, 2.24) is 4.90 Å². The number of phenolic OH excluding ortho intramolecular Hbond substituents is 1. The molecule has 30 heavy (non-hydrogen) atoms. The zero-order valence-corrected chi connectivity index (χ0v) is 17.1. The third-order valence-electron chi connectivity index (χ3n) is 5.72. The van der Waals surface area contributed by atoms with Gasteiger partial charge in [-0.25, -0.2) is 4.79 Å². The maximum absolute atomic E-state index is 11.3. The smallest absolute Gasteiger partial charge is 0.339 e. The van der Waals surface area contributed by atoms with Crippen LogP contribution in [0.4, 0.5) is 0 Å². The lowest BCUT2D eigenvalue weighted by Crippen LogP contribution is -2.49. The van der Waals surface area contributed by atoms with Gasteiger partial charge in [0.15, 0.2) is 0 Å². The highest BCUT2D eigenvalue weighted by atomic mass is 35.5. The molecule has 1 atom stereocenters. The molecule has 0 bridgehead atoms. The van der Waals surface area contributed by atoms with Crippen molar-refractivity contribution in [3.8, 4) is 17.2 Å². The van der Waals surface area contributed by atoms with Gasteiger partial charge in [-0.15, -0.1) is 0 Å². The first kappa shape index (κ1) is 20.8. The molecule has 0 amide bonds. The fourth-order valence-electron chi connectivity index (χ4n) is 4.17. The van der Waals surface area contributed by atoms with Gasteiger partial charge in [0.2, 0.25) is 0 Å². The third kappa shape index (κ3) is 4.48. The third-order valence-corrected chi connectivity index (χ3v) is 5.96. The van der Waals surface area contributed by atoms with E-state index >= 15 is 0 Å². The van der Waals surface area contributed by atoms with Crippen molar-refractivity contribution in [2.24, 2.45) is 0 Å². The predicted octanol–water partition coefficient (Wildman–Crippen LogP) is 2.95. The number of β-amino-alcohol motifs (C(OH)–C–C–N with tert-alkyl or cyclic N) is 1. The molecule has 2 aliphatic rings. The predicted molar refractivity (Wildman–Crippen MR) is 111 cm³/mol. The first-order chi connectivity index (χ1) is 14.3. The highest BCUT2D eigenvalue weighted by molar-refractivity contribution is 6.30. The van der Waals surface area contributed by atoms with Crippen molar-refractivity contribution in [2.45, 2.75) is 31.0 Å². The second kappa shape index (κ2) is 8.34. The molecule has 0 unspecified atom stereocenters. The van der Waals surface area contributed by atoms with Crippen molar-refractivity contribution in [2.75, 3.05) is 26.2 Å². The van der Waals surface area contributed by atoms with E-state index in [9.17, 15) is 20.1 Å². The Balaban J connectivity index is 1.28. The summed E-state index contributed by atoms with van der Waals surface area (Å²) < 4.78 is 11.7. The van der Waals surface area contributed by atoms with E-state index < -0.39 is 12.1 Å². The number of benzene rings is 2. The molecular formula is C22H24ClNO6. The first-order valence-corrected chi connectivity index (χ1v) is 10.3.